The zero-order chi connectivity index (χ0) is 13.8. The van der Waals surface area contributed by atoms with Gasteiger partial charge in [-0.05, 0) is 42.5 Å². The number of para-hydroxylation sites is 1. The molecule has 0 amide bonds. The van der Waals surface area contributed by atoms with Crippen molar-refractivity contribution >= 4 is 5.69 Å². The van der Waals surface area contributed by atoms with Crippen LogP contribution in [0.25, 0.3) is 0 Å². The van der Waals surface area contributed by atoms with Crippen LogP contribution in [-0.4, -0.2) is 11.5 Å². The van der Waals surface area contributed by atoms with Crippen molar-refractivity contribution in [1.82, 2.24) is 10.3 Å². The van der Waals surface area contributed by atoms with Crippen LogP contribution in [-0.2, 0) is 19.5 Å². The van der Waals surface area contributed by atoms with Crippen LogP contribution in [0.15, 0.2) is 36.5 Å². The standard InChI is InChI=1S/C17H21N3/c1-13-7-8-14(11-20-13)10-18-12-16-5-2-4-15-6-3-9-19-17(15)16/h2,4-5,7-8,11,18-19H,3,6,9-10,12H2,1H3. The van der Waals surface area contributed by atoms with Crippen LogP contribution in [0.3, 0.4) is 0 Å². The molecule has 0 radical (unpaired) electrons. The molecule has 2 aromatic rings. The largest absolute Gasteiger partial charge is 0.385 e. The SMILES string of the molecule is Cc1ccc(CNCc2cccc3c2NCCC3)cn1. The summed E-state index contributed by atoms with van der Waals surface area (Å²) in [5.74, 6) is 0. The Morgan fingerprint density at radius 2 is 2.15 bits per heavy atom. The second-order valence-electron chi connectivity index (χ2n) is 5.39. The molecule has 0 aliphatic carbocycles. The van der Waals surface area contributed by atoms with Gasteiger partial charge in [-0.1, -0.05) is 24.3 Å². The van der Waals surface area contributed by atoms with Gasteiger partial charge in [0.1, 0.15) is 0 Å². The van der Waals surface area contributed by atoms with E-state index < -0.39 is 0 Å². The topological polar surface area (TPSA) is 37.0 Å². The molecule has 104 valence electrons. The van der Waals surface area contributed by atoms with Crippen LogP contribution in [0, 0.1) is 6.92 Å². The van der Waals surface area contributed by atoms with Gasteiger partial charge in [-0.25, -0.2) is 0 Å². The van der Waals surface area contributed by atoms with Crippen molar-refractivity contribution in [3.05, 3.63) is 58.9 Å². The first-order valence-electron chi connectivity index (χ1n) is 7.30. The number of nitrogens with zero attached hydrogens (tertiary/aromatic N) is 1. The van der Waals surface area contributed by atoms with E-state index in [1.54, 1.807) is 0 Å². The minimum atomic E-state index is 0.858. The lowest BCUT2D eigenvalue weighted by atomic mass is 9.99. The lowest BCUT2D eigenvalue weighted by Gasteiger charge is -2.21. The van der Waals surface area contributed by atoms with E-state index in [1.165, 1.54) is 35.2 Å². The Bertz CT molecular complexity index is 575. The van der Waals surface area contributed by atoms with E-state index in [-0.39, 0.29) is 0 Å². The third-order valence-corrected chi connectivity index (χ3v) is 3.78. The fourth-order valence-electron chi connectivity index (χ4n) is 2.67. The molecule has 1 aliphatic heterocycles. The summed E-state index contributed by atoms with van der Waals surface area (Å²) in [6.45, 7) is 4.85. The number of aromatic nitrogens is 1. The molecule has 0 saturated heterocycles. The van der Waals surface area contributed by atoms with E-state index >= 15 is 0 Å². The van der Waals surface area contributed by atoms with Crippen molar-refractivity contribution in [3.63, 3.8) is 0 Å². The van der Waals surface area contributed by atoms with Gasteiger partial charge < -0.3 is 10.6 Å². The quantitative estimate of drug-likeness (QED) is 0.894. The number of anilines is 1. The van der Waals surface area contributed by atoms with Crippen LogP contribution in [0.4, 0.5) is 5.69 Å². The maximum Gasteiger partial charge on any atom is 0.0418 e. The first-order chi connectivity index (χ1) is 9.83. The van der Waals surface area contributed by atoms with Crippen LogP contribution in [0.5, 0.6) is 0 Å². The maximum absolute atomic E-state index is 4.32. The van der Waals surface area contributed by atoms with Gasteiger partial charge in [-0.2, -0.15) is 0 Å². The Morgan fingerprint density at radius 3 is 3.00 bits per heavy atom. The number of benzene rings is 1. The lowest BCUT2D eigenvalue weighted by Crippen LogP contribution is -2.18. The van der Waals surface area contributed by atoms with Gasteiger partial charge in [-0.15, -0.1) is 0 Å². The van der Waals surface area contributed by atoms with Crippen LogP contribution >= 0.6 is 0 Å². The summed E-state index contributed by atoms with van der Waals surface area (Å²) in [6.07, 6.45) is 4.37. The third kappa shape index (κ3) is 2.99. The number of rotatable bonds is 4. The molecule has 0 bridgehead atoms. The normalized spacial score (nSPS) is 13.7. The minimum Gasteiger partial charge on any atom is -0.385 e. The molecule has 0 atom stereocenters. The molecule has 3 nitrogen and oxygen atoms in total. The van der Waals surface area contributed by atoms with Gasteiger partial charge in [-0.3, -0.25) is 4.98 Å². The third-order valence-electron chi connectivity index (χ3n) is 3.78. The fourth-order valence-corrected chi connectivity index (χ4v) is 2.67. The summed E-state index contributed by atoms with van der Waals surface area (Å²) in [6, 6.07) is 10.8. The molecule has 2 N–H and O–H groups in total. The number of nitrogens with one attached hydrogen (secondary N) is 2. The molecule has 0 unspecified atom stereocenters. The summed E-state index contributed by atoms with van der Waals surface area (Å²) in [5.41, 5.74) is 6.45. The zero-order valence-electron chi connectivity index (χ0n) is 11.9. The molecule has 2 heterocycles. The predicted octanol–water partition coefficient (Wildman–Crippen LogP) is 3.04. The van der Waals surface area contributed by atoms with Gasteiger partial charge in [0.15, 0.2) is 0 Å². The second-order valence-corrected chi connectivity index (χ2v) is 5.39. The first kappa shape index (κ1) is 13.1. The van der Waals surface area contributed by atoms with Crippen molar-refractivity contribution in [3.8, 4) is 0 Å². The lowest BCUT2D eigenvalue weighted by molar-refractivity contribution is 0.688. The molecule has 3 rings (SSSR count). The maximum atomic E-state index is 4.32. The molecule has 1 aromatic carbocycles. The smallest absolute Gasteiger partial charge is 0.0418 e. The van der Waals surface area contributed by atoms with Crippen molar-refractivity contribution in [2.75, 3.05) is 11.9 Å². The summed E-state index contributed by atoms with van der Waals surface area (Å²) >= 11 is 0. The highest BCUT2D eigenvalue weighted by Crippen LogP contribution is 2.25. The zero-order valence-corrected chi connectivity index (χ0v) is 11.9. The monoisotopic (exact) mass is 267 g/mol. The van der Waals surface area contributed by atoms with E-state index in [0.717, 1.165) is 25.3 Å². The van der Waals surface area contributed by atoms with E-state index in [4.69, 9.17) is 0 Å². The molecule has 20 heavy (non-hydrogen) atoms. The number of pyridine rings is 1. The molecule has 3 heteroatoms. The van der Waals surface area contributed by atoms with E-state index in [0.29, 0.717) is 0 Å². The van der Waals surface area contributed by atoms with E-state index in [1.807, 2.05) is 13.1 Å². The van der Waals surface area contributed by atoms with Gasteiger partial charge in [0.2, 0.25) is 0 Å². The molecular formula is C17H21N3. The number of hydrogen-bond donors (Lipinski definition) is 2. The van der Waals surface area contributed by atoms with Gasteiger partial charge in [0.25, 0.3) is 0 Å². The summed E-state index contributed by atoms with van der Waals surface area (Å²) in [7, 11) is 0. The van der Waals surface area contributed by atoms with Crippen LogP contribution in [0.1, 0.15) is 28.8 Å². The van der Waals surface area contributed by atoms with Gasteiger partial charge >= 0.3 is 0 Å². The molecular weight excluding hydrogens is 246 g/mol. The number of aryl methyl sites for hydroxylation is 2. The highest BCUT2D eigenvalue weighted by molar-refractivity contribution is 5.59. The summed E-state index contributed by atoms with van der Waals surface area (Å²) < 4.78 is 0. The number of fused-ring (bicyclic) bond motifs is 1. The Labute approximate surface area is 120 Å². The Kier molecular flexibility index (Phi) is 3.97. The average molecular weight is 267 g/mol. The predicted molar refractivity (Wildman–Crippen MR) is 82.8 cm³/mol. The second kappa shape index (κ2) is 6.06. The minimum absolute atomic E-state index is 0.858. The van der Waals surface area contributed by atoms with Gasteiger partial charge in [0, 0.05) is 37.2 Å². The molecule has 0 fully saturated rings. The Hall–Kier alpha value is -1.87. The first-order valence-corrected chi connectivity index (χ1v) is 7.30. The van der Waals surface area contributed by atoms with Crippen LogP contribution in [0.2, 0.25) is 0 Å². The molecule has 1 aliphatic rings. The van der Waals surface area contributed by atoms with Crippen molar-refractivity contribution < 1.29 is 0 Å². The Balaban J connectivity index is 1.62. The van der Waals surface area contributed by atoms with Gasteiger partial charge in [0.05, 0.1) is 0 Å². The van der Waals surface area contributed by atoms with Crippen molar-refractivity contribution in [1.29, 1.82) is 0 Å². The van der Waals surface area contributed by atoms with Crippen molar-refractivity contribution in [2.24, 2.45) is 0 Å². The molecule has 1 aromatic heterocycles. The summed E-state index contributed by atoms with van der Waals surface area (Å²) in [5, 5.41) is 7.04. The number of hydrogen-bond acceptors (Lipinski definition) is 3. The highest BCUT2D eigenvalue weighted by Gasteiger charge is 2.11. The highest BCUT2D eigenvalue weighted by atomic mass is 14.9. The average Bonchev–Trinajstić information content (AvgIpc) is 2.49. The van der Waals surface area contributed by atoms with Crippen LogP contribution < -0.4 is 10.6 Å². The molecule has 0 spiro atoms. The van der Waals surface area contributed by atoms with E-state index in [2.05, 4.69) is 45.9 Å². The van der Waals surface area contributed by atoms with E-state index in [9.17, 15) is 0 Å². The Morgan fingerprint density at radius 1 is 1.20 bits per heavy atom. The summed E-state index contributed by atoms with van der Waals surface area (Å²) in [4.78, 5) is 4.32. The van der Waals surface area contributed by atoms with Crippen molar-refractivity contribution in [2.45, 2.75) is 32.9 Å². The fraction of sp³-hybridized carbons (Fsp3) is 0.353. The molecule has 0 saturated carbocycles.